The van der Waals surface area contributed by atoms with E-state index in [0.29, 0.717) is 28.8 Å². The van der Waals surface area contributed by atoms with Gasteiger partial charge >= 0.3 is 0 Å². The van der Waals surface area contributed by atoms with Crippen LogP contribution < -0.4 is 10.9 Å². The maximum Gasteiger partial charge on any atom is 0.294 e. The van der Waals surface area contributed by atoms with E-state index in [1.165, 1.54) is 17.0 Å². The third kappa shape index (κ3) is 5.77. The fraction of sp³-hybridized carbons (Fsp3) is 0.257. The molecular weight excluding hydrogens is 557 g/mol. The van der Waals surface area contributed by atoms with E-state index in [-0.39, 0.29) is 35.9 Å². The molecule has 0 fully saturated rings. The van der Waals surface area contributed by atoms with Gasteiger partial charge in [0.1, 0.15) is 5.82 Å². The molecule has 5 aromatic rings. The maximum absolute atomic E-state index is 14.0. The van der Waals surface area contributed by atoms with E-state index in [1.807, 2.05) is 61.9 Å². The average molecular weight is 594 g/mol. The predicted molar refractivity (Wildman–Crippen MR) is 172 cm³/mol. The van der Waals surface area contributed by atoms with E-state index in [4.69, 9.17) is 0 Å². The van der Waals surface area contributed by atoms with Gasteiger partial charge in [-0.05, 0) is 73.4 Å². The standard InChI is InChI=1S/C35H36FN5O3/c1-7-21(2)33(42)38-32-35(44)41(31(18-37-32)27-12-9-13-28(23(27)4)34(43)39(5)6)20-24-10-8-11-26(16-24)40-19-22(3)29-17-25(36)14-15-30(29)40/h8-19,21H,7,20H2,1-6H3,(H,37,38,42)/t21-/m1/s1. The number of nitrogens with one attached hydrogen (secondary N) is 1. The number of aryl methyl sites for hydroxylation is 1. The summed E-state index contributed by atoms with van der Waals surface area (Å²) in [6, 6.07) is 17.9. The molecule has 2 heterocycles. The minimum atomic E-state index is -0.453. The van der Waals surface area contributed by atoms with Crippen molar-refractivity contribution in [3.8, 4) is 16.9 Å². The fourth-order valence-corrected chi connectivity index (χ4v) is 5.32. The molecule has 1 N–H and O–H groups in total. The topological polar surface area (TPSA) is 89.2 Å². The van der Waals surface area contributed by atoms with Crippen molar-refractivity contribution in [1.29, 1.82) is 0 Å². The molecule has 8 nitrogen and oxygen atoms in total. The molecule has 0 spiro atoms. The van der Waals surface area contributed by atoms with Gasteiger partial charge < -0.3 is 14.8 Å². The summed E-state index contributed by atoms with van der Waals surface area (Å²) in [5, 5.41) is 3.54. The van der Waals surface area contributed by atoms with Gasteiger partial charge in [-0.25, -0.2) is 9.37 Å². The van der Waals surface area contributed by atoms with Crippen LogP contribution in [-0.2, 0) is 11.3 Å². The largest absolute Gasteiger partial charge is 0.345 e. The van der Waals surface area contributed by atoms with Crippen molar-refractivity contribution in [1.82, 2.24) is 19.0 Å². The van der Waals surface area contributed by atoms with Gasteiger partial charge in [0.15, 0.2) is 5.82 Å². The van der Waals surface area contributed by atoms with Crippen LogP contribution in [0.2, 0.25) is 0 Å². The molecule has 0 aliphatic rings. The lowest BCUT2D eigenvalue weighted by molar-refractivity contribution is -0.119. The summed E-state index contributed by atoms with van der Waals surface area (Å²) < 4.78 is 17.6. The van der Waals surface area contributed by atoms with Gasteiger partial charge in [-0.15, -0.1) is 0 Å². The second-order valence-corrected chi connectivity index (χ2v) is 11.4. The minimum Gasteiger partial charge on any atom is -0.345 e. The Hall–Kier alpha value is -5.05. The van der Waals surface area contributed by atoms with Gasteiger partial charge in [0.25, 0.3) is 11.5 Å². The lowest BCUT2D eigenvalue weighted by Crippen LogP contribution is -2.31. The molecule has 2 aromatic heterocycles. The van der Waals surface area contributed by atoms with Crippen molar-refractivity contribution < 1.29 is 14.0 Å². The summed E-state index contributed by atoms with van der Waals surface area (Å²) in [6.45, 7) is 7.67. The molecule has 0 bridgehead atoms. The van der Waals surface area contributed by atoms with E-state index in [2.05, 4.69) is 10.3 Å². The Bertz CT molecular complexity index is 1960. The summed E-state index contributed by atoms with van der Waals surface area (Å²) in [7, 11) is 3.39. The first-order valence-electron chi connectivity index (χ1n) is 14.6. The Morgan fingerprint density at radius 3 is 2.52 bits per heavy atom. The number of anilines is 1. The number of carbonyl (C=O) groups is 2. The number of carbonyl (C=O) groups excluding carboxylic acids is 2. The van der Waals surface area contributed by atoms with E-state index in [1.54, 1.807) is 50.0 Å². The molecule has 1 atom stereocenters. The van der Waals surface area contributed by atoms with Crippen LogP contribution in [0.1, 0.15) is 47.3 Å². The Morgan fingerprint density at radius 1 is 1.05 bits per heavy atom. The summed E-state index contributed by atoms with van der Waals surface area (Å²) in [6.07, 6.45) is 4.16. The molecule has 0 saturated heterocycles. The first kappa shape index (κ1) is 30.4. The predicted octanol–water partition coefficient (Wildman–Crippen LogP) is 6.34. The smallest absolute Gasteiger partial charge is 0.294 e. The maximum atomic E-state index is 14.0. The third-order valence-corrected chi connectivity index (χ3v) is 8.10. The molecule has 0 radical (unpaired) electrons. The van der Waals surface area contributed by atoms with Crippen LogP contribution in [0.15, 0.2) is 77.9 Å². The lowest BCUT2D eigenvalue weighted by atomic mass is 9.99. The van der Waals surface area contributed by atoms with Gasteiger partial charge in [-0.3, -0.25) is 19.0 Å². The number of hydrogen-bond acceptors (Lipinski definition) is 4. The number of hydrogen-bond donors (Lipinski definition) is 1. The van der Waals surface area contributed by atoms with Crippen molar-refractivity contribution in [2.45, 2.75) is 40.7 Å². The number of halogens is 1. The van der Waals surface area contributed by atoms with Gasteiger partial charge in [0, 0.05) is 48.4 Å². The van der Waals surface area contributed by atoms with Gasteiger partial charge in [-0.1, -0.05) is 38.1 Å². The highest BCUT2D eigenvalue weighted by Crippen LogP contribution is 2.28. The van der Waals surface area contributed by atoms with Crippen molar-refractivity contribution in [2.75, 3.05) is 19.4 Å². The Labute approximate surface area is 255 Å². The molecule has 0 unspecified atom stereocenters. The zero-order chi connectivity index (χ0) is 31.7. The summed E-state index contributed by atoms with van der Waals surface area (Å²) >= 11 is 0. The highest BCUT2D eigenvalue weighted by Gasteiger charge is 2.21. The second-order valence-electron chi connectivity index (χ2n) is 11.4. The summed E-state index contributed by atoms with van der Waals surface area (Å²) in [5.74, 6) is -1.06. The Morgan fingerprint density at radius 2 is 1.80 bits per heavy atom. The molecule has 0 aliphatic heterocycles. The van der Waals surface area contributed by atoms with E-state index in [0.717, 1.165) is 27.7 Å². The second kappa shape index (κ2) is 12.3. The zero-order valence-corrected chi connectivity index (χ0v) is 25.8. The molecule has 226 valence electrons. The molecule has 2 amide bonds. The highest BCUT2D eigenvalue weighted by atomic mass is 19.1. The number of benzene rings is 3. The first-order chi connectivity index (χ1) is 21.0. The van der Waals surface area contributed by atoms with Crippen LogP contribution in [-0.4, -0.2) is 44.9 Å². The molecule has 9 heteroatoms. The van der Waals surface area contributed by atoms with Crippen LogP contribution in [0.5, 0.6) is 0 Å². The Balaban J connectivity index is 1.64. The number of nitrogens with zero attached hydrogens (tertiary/aromatic N) is 4. The minimum absolute atomic E-state index is 0.0533. The first-order valence-corrected chi connectivity index (χ1v) is 14.6. The van der Waals surface area contributed by atoms with Crippen molar-refractivity contribution in [3.05, 3.63) is 111 Å². The summed E-state index contributed by atoms with van der Waals surface area (Å²) in [5.41, 5.74) is 5.50. The van der Waals surface area contributed by atoms with Crippen LogP contribution in [0.4, 0.5) is 10.2 Å². The van der Waals surface area contributed by atoms with E-state index >= 15 is 0 Å². The molecular formula is C35H36FN5O3. The van der Waals surface area contributed by atoms with Crippen LogP contribution in [0.25, 0.3) is 27.8 Å². The Kier molecular flexibility index (Phi) is 8.49. The number of fused-ring (bicyclic) bond motifs is 1. The van der Waals surface area contributed by atoms with E-state index < -0.39 is 5.56 Å². The lowest BCUT2D eigenvalue weighted by Gasteiger charge is -2.19. The zero-order valence-electron chi connectivity index (χ0n) is 25.8. The molecule has 44 heavy (non-hydrogen) atoms. The van der Waals surface area contributed by atoms with Gasteiger partial charge in [0.2, 0.25) is 5.91 Å². The molecule has 0 aliphatic carbocycles. The summed E-state index contributed by atoms with van der Waals surface area (Å²) in [4.78, 5) is 45.5. The third-order valence-electron chi connectivity index (χ3n) is 8.10. The van der Waals surface area contributed by atoms with Crippen LogP contribution in [0.3, 0.4) is 0 Å². The number of rotatable bonds is 8. The monoisotopic (exact) mass is 593 g/mol. The molecule has 5 rings (SSSR count). The van der Waals surface area contributed by atoms with E-state index in [9.17, 15) is 18.8 Å². The van der Waals surface area contributed by atoms with Crippen LogP contribution in [0, 0.1) is 25.6 Å². The molecule has 3 aromatic carbocycles. The quantitative estimate of drug-likeness (QED) is 0.227. The molecule has 0 saturated carbocycles. The van der Waals surface area contributed by atoms with Gasteiger partial charge in [0.05, 0.1) is 24.0 Å². The van der Waals surface area contributed by atoms with Crippen molar-refractivity contribution >= 4 is 28.5 Å². The van der Waals surface area contributed by atoms with Crippen molar-refractivity contribution in [2.24, 2.45) is 5.92 Å². The SMILES string of the molecule is CC[C@@H](C)C(=O)Nc1ncc(-c2cccc(C(=O)N(C)C)c2C)n(Cc2cccc(-n3cc(C)c4cc(F)ccc43)c2)c1=O. The van der Waals surface area contributed by atoms with Crippen molar-refractivity contribution in [3.63, 3.8) is 0 Å². The average Bonchev–Trinajstić information content (AvgIpc) is 3.34. The highest BCUT2D eigenvalue weighted by molar-refractivity contribution is 5.97. The fourth-order valence-electron chi connectivity index (χ4n) is 5.32. The van der Waals surface area contributed by atoms with Gasteiger partial charge in [-0.2, -0.15) is 0 Å². The van der Waals surface area contributed by atoms with Crippen LogP contribution >= 0.6 is 0 Å². The number of aromatic nitrogens is 3. The number of amides is 2. The normalized spacial score (nSPS) is 11.9.